The first-order chi connectivity index (χ1) is 10.3. The predicted octanol–water partition coefficient (Wildman–Crippen LogP) is 3.79. The third-order valence-electron chi connectivity index (χ3n) is 3.85. The summed E-state index contributed by atoms with van der Waals surface area (Å²) in [5.74, 6) is -2.46. The normalized spacial score (nSPS) is 18.8. The lowest BCUT2D eigenvalue weighted by Gasteiger charge is -2.27. The van der Waals surface area contributed by atoms with Crippen LogP contribution in [0.1, 0.15) is 49.9 Å². The number of aryl methyl sites for hydroxylation is 1. The highest BCUT2D eigenvalue weighted by Crippen LogP contribution is 2.36. The summed E-state index contributed by atoms with van der Waals surface area (Å²) in [7, 11) is 0. The van der Waals surface area contributed by atoms with Crippen LogP contribution in [0.15, 0.2) is 12.3 Å². The van der Waals surface area contributed by atoms with Crippen molar-refractivity contribution in [1.82, 2.24) is 9.88 Å². The lowest BCUT2D eigenvalue weighted by atomic mass is 9.99. The summed E-state index contributed by atoms with van der Waals surface area (Å²) in [4.78, 5) is 16.4. The van der Waals surface area contributed by atoms with Gasteiger partial charge in [-0.15, -0.1) is 0 Å². The molecule has 1 amide bonds. The molecule has 7 heteroatoms. The van der Waals surface area contributed by atoms with Crippen molar-refractivity contribution in [3.05, 3.63) is 29.3 Å². The SMILES string of the molecule is CCCCc1ncc(F)cc1[C@H]1CCCN1C(=O)C(F)(F)F. The van der Waals surface area contributed by atoms with Gasteiger partial charge in [-0.2, -0.15) is 13.2 Å². The number of hydrogen-bond acceptors (Lipinski definition) is 2. The van der Waals surface area contributed by atoms with Crippen LogP contribution in [0.4, 0.5) is 17.6 Å². The molecule has 3 nitrogen and oxygen atoms in total. The van der Waals surface area contributed by atoms with Crippen molar-refractivity contribution in [3.8, 4) is 0 Å². The van der Waals surface area contributed by atoms with Crippen molar-refractivity contribution in [3.63, 3.8) is 0 Å². The van der Waals surface area contributed by atoms with Crippen molar-refractivity contribution in [2.24, 2.45) is 0 Å². The number of unbranched alkanes of at least 4 members (excludes halogenated alkanes) is 1. The Morgan fingerprint density at radius 3 is 2.82 bits per heavy atom. The number of amides is 1. The van der Waals surface area contributed by atoms with Gasteiger partial charge in [-0.3, -0.25) is 9.78 Å². The minimum absolute atomic E-state index is 0.0345. The number of aromatic nitrogens is 1. The van der Waals surface area contributed by atoms with E-state index in [9.17, 15) is 22.4 Å². The van der Waals surface area contributed by atoms with Crippen molar-refractivity contribution in [1.29, 1.82) is 0 Å². The Hall–Kier alpha value is -1.66. The number of rotatable bonds is 4. The molecular formula is C15H18F4N2O. The molecule has 1 aromatic rings. The average Bonchev–Trinajstić information content (AvgIpc) is 2.93. The number of pyridine rings is 1. The number of hydrogen-bond donors (Lipinski definition) is 0. The highest BCUT2D eigenvalue weighted by atomic mass is 19.4. The summed E-state index contributed by atoms with van der Waals surface area (Å²) in [6, 6.07) is 0.467. The van der Waals surface area contributed by atoms with Gasteiger partial charge < -0.3 is 4.90 Å². The van der Waals surface area contributed by atoms with E-state index < -0.39 is 23.9 Å². The van der Waals surface area contributed by atoms with Gasteiger partial charge >= 0.3 is 12.1 Å². The highest BCUT2D eigenvalue weighted by Gasteiger charge is 2.46. The number of halogens is 4. The van der Waals surface area contributed by atoms with E-state index in [0.29, 0.717) is 30.5 Å². The van der Waals surface area contributed by atoms with Crippen LogP contribution >= 0.6 is 0 Å². The largest absolute Gasteiger partial charge is 0.471 e. The van der Waals surface area contributed by atoms with Gasteiger partial charge in [0.2, 0.25) is 0 Å². The second kappa shape index (κ2) is 6.62. The maximum Gasteiger partial charge on any atom is 0.471 e. The Balaban J connectivity index is 2.33. The fraction of sp³-hybridized carbons (Fsp3) is 0.600. The molecule has 1 aromatic heterocycles. The number of alkyl halides is 3. The predicted molar refractivity (Wildman–Crippen MR) is 72.6 cm³/mol. The maximum absolute atomic E-state index is 13.5. The molecule has 0 radical (unpaired) electrons. The second-order valence-electron chi connectivity index (χ2n) is 5.45. The second-order valence-corrected chi connectivity index (χ2v) is 5.45. The van der Waals surface area contributed by atoms with Crippen LogP contribution in [0.3, 0.4) is 0 Å². The van der Waals surface area contributed by atoms with Crippen molar-refractivity contribution >= 4 is 5.91 Å². The Bertz CT molecular complexity index is 545. The Morgan fingerprint density at radius 1 is 1.45 bits per heavy atom. The highest BCUT2D eigenvalue weighted by molar-refractivity contribution is 5.82. The van der Waals surface area contributed by atoms with Gasteiger partial charge in [0.1, 0.15) is 5.82 Å². The molecule has 122 valence electrons. The van der Waals surface area contributed by atoms with E-state index in [4.69, 9.17) is 0 Å². The number of nitrogens with zero attached hydrogens (tertiary/aromatic N) is 2. The number of carbonyl (C=O) groups is 1. The van der Waals surface area contributed by atoms with Crippen LogP contribution in [-0.4, -0.2) is 28.5 Å². The van der Waals surface area contributed by atoms with Crippen LogP contribution in [0, 0.1) is 5.82 Å². The zero-order valence-electron chi connectivity index (χ0n) is 12.3. The van der Waals surface area contributed by atoms with Crippen LogP contribution in [0.25, 0.3) is 0 Å². The van der Waals surface area contributed by atoms with Crippen molar-refractivity contribution in [2.75, 3.05) is 6.54 Å². The molecule has 0 saturated carbocycles. The molecule has 2 rings (SSSR count). The fourth-order valence-corrected chi connectivity index (χ4v) is 2.82. The molecule has 0 bridgehead atoms. The van der Waals surface area contributed by atoms with E-state index >= 15 is 0 Å². The monoisotopic (exact) mass is 318 g/mol. The number of carbonyl (C=O) groups excluding carboxylic acids is 1. The Labute approximate surface area is 126 Å². The molecule has 1 aliphatic rings. The quantitative estimate of drug-likeness (QED) is 0.791. The summed E-state index contributed by atoms with van der Waals surface area (Å²) >= 11 is 0. The Kier molecular flexibility index (Phi) is 5.03. The first-order valence-electron chi connectivity index (χ1n) is 7.36. The molecule has 0 spiro atoms. The van der Waals surface area contributed by atoms with E-state index in [1.165, 1.54) is 6.07 Å². The summed E-state index contributed by atoms with van der Waals surface area (Å²) < 4.78 is 51.6. The topological polar surface area (TPSA) is 33.2 Å². The van der Waals surface area contributed by atoms with Crippen molar-refractivity contribution < 1.29 is 22.4 Å². The molecule has 1 aliphatic heterocycles. The van der Waals surface area contributed by atoms with Gasteiger partial charge in [-0.05, 0) is 37.3 Å². The molecule has 0 aliphatic carbocycles. The van der Waals surface area contributed by atoms with E-state index in [1.54, 1.807) is 0 Å². The van der Waals surface area contributed by atoms with Crippen LogP contribution in [0.5, 0.6) is 0 Å². The molecule has 2 heterocycles. The maximum atomic E-state index is 13.5. The molecule has 1 saturated heterocycles. The molecule has 0 unspecified atom stereocenters. The van der Waals surface area contributed by atoms with E-state index in [1.807, 2.05) is 6.92 Å². The first-order valence-corrected chi connectivity index (χ1v) is 7.36. The van der Waals surface area contributed by atoms with Gasteiger partial charge in [0.05, 0.1) is 12.2 Å². The van der Waals surface area contributed by atoms with E-state index in [-0.39, 0.29) is 6.54 Å². The fourth-order valence-electron chi connectivity index (χ4n) is 2.82. The first kappa shape index (κ1) is 16.7. The molecule has 1 fully saturated rings. The molecular weight excluding hydrogens is 300 g/mol. The zero-order chi connectivity index (χ0) is 16.3. The van der Waals surface area contributed by atoms with Gasteiger partial charge in [0.15, 0.2) is 0 Å². The molecule has 22 heavy (non-hydrogen) atoms. The third kappa shape index (κ3) is 3.56. The van der Waals surface area contributed by atoms with Crippen LogP contribution in [0.2, 0.25) is 0 Å². The van der Waals surface area contributed by atoms with Crippen LogP contribution < -0.4 is 0 Å². The van der Waals surface area contributed by atoms with Crippen LogP contribution in [-0.2, 0) is 11.2 Å². The van der Waals surface area contributed by atoms with Gasteiger partial charge in [-0.25, -0.2) is 4.39 Å². The van der Waals surface area contributed by atoms with E-state index in [0.717, 1.165) is 23.9 Å². The minimum atomic E-state index is -4.91. The van der Waals surface area contributed by atoms with Gasteiger partial charge in [0.25, 0.3) is 0 Å². The lowest BCUT2D eigenvalue weighted by Crippen LogP contribution is -2.40. The summed E-state index contributed by atoms with van der Waals surface area (Å²) in [5.41, 5.74) is 0.985. The third-order valence-corrected chi connectivity index (χ3v) is 3.85. The van der Waals surface area contributed by atoms with Crippen molar-refractivity contribution in [2.45, 2.75) is 51.2 Å². The smallest absolute Gasteiger partial charge is 0.328 e. The summed E-state index contributed by atoms with van der Waals surface area (Å²) in [6.07, 6.45) is -0.703. The molecule has 0 N–H and O–H groups in total. The number of likely N-dealkylation sites (tertiary alicyclic amines) is 1. The lowest BCUT2D eigenvalue weighted by molar-refractivity contribution is -0.186. The van der Waals surface area contributed by atoms with Gasteiger partial charge in [0, 0.05) is 12.2 Å². The summed E-state index contributed by atoms with van der Waals surface area (Å²) in [6.45, 7) is 2.02. The minimum Gasteiger partial charge on any atom is -0.328 e. The standard InChI is InChI=1S/C15H18F4N2O/c1-2-3-5-12-11(8-10(16)9-20-12)13-6-4-7-21(13)14(22)15(17,18)19/h8-9,13H,2-7H2,1H3/t13-/m1/s1. The average molecular weight is 318 g/mol. The van der Waals surface area contributed by atoms with Gasteiger partial charge in [-0.1, -0.05) is 13.3 Å². The molecule has 1 atom stereocenters. The summed E-state index contributed by atoms with van der Waals surface area (Å²) in [5, 5.41) is 0. The van der Waals surface area contributed by atoms with E-state index in [2.05, 4.69) is 4.98 Å². The Morgan fingerprint density at radius 2 is 2.18 bits per heavy atom. The molecule has 0 aromatic carbocycles. The zero-order valence-corrected chi connectivity index (χ0v) is 12.3.